The summed E-state index contributed by atoms with van der Waals surface area (Å²) >= 11 is 0. The Bertz CT molecular complexity index is 2580. The minimum absolute atomic E-state index is 1.22. The summed E-state index contributed by atoms with van der Waals surface area (Å²) in [6, 6.07) is 70.8. The van der Waals surface area contributed by atoms with Crippen LogP contribution in [0.15, 0.2) is 194 Å². The van der Waals surface area contributed by atoms with Crippen LogP contribution in [0, 0.1) is 0 Å². The van der Waals surface area contributed by atoms with Crippen molar-refractivity contribution in [1.82, 2.24) is 0 Å². The normalized spacial score (nSPS) is 11.3. The van der Waals surface area contributed by atoms with Gasteiger partial charge >= 0.3 is 0 Å². The predicted octanol–water partition coefficient (Wildman–Crippen LogP) is 13.5. The highest BCUT2D eigenvalue weighted by molar-refractivity contribution is 6.13. The molecular weight excluding hydrogens is 577 g/mol. The van der Waals surface area contributed by atoms with E-state index in [4.69, 9.17) is 0 Å². The molecule has 0 unspecified atom stereocenters. The Balaban J connectivity index is 1.30. The fourth-order valence-electron chi connectivity index (χ4n) is 7.30. The predicted molar refractivity (Wildman–Crippen MR) is 206 cm³/mol. The molecule has 0 spiro atoms. The van der Waals surface area contributed by atoms with Crippen molar-refractivity contribution in [2.45, 2.75) is 0 Å². The molecule has 9 aromatic rings. The molecule has 9 rings (SSSR count). The van der Waals surface area contributed by atoms with Crippen LogP contribution in [-0.2, 0) is 0 Å². The summed E-state index contributed by atoms with van der Waals surface area (Å²) in [6.07, 6.45) is 0. The number of hydrogen-bond donors (Lipinski definition) is 0. The zero-order valence-electron chi connectivity index (χ0n) is 26.5. The molecule has 9 aromatic carbocycles. The van der Waals surface area contributed by atoms with Crippen LogP contribution in [0.3, 0.4) is 0 Å². The third-order valence-electron chi connectivity index (χ3n) is 9.64. The van der Waals surface area contributed by atoms with Crippen molar-refractivity contribution in [3.63, 3.8) is 0 Å². The van der Waals surface area contributed by atoms with Gasteiger partial charge in [0, 0.05) is 0 Å². The second kappa shape index (κ2) is 11.8. The maximum absolute atomic E-state index is 2.36. The molecule has 224 valence electrons. The van der Waals surface area contributed by atoms with Gasteiger partial charge in [0.15, 0.2) is 0 Å². The summed E-state index contributed by atoms with van der Waals surface area (Å²) in [5.74, 6) is 0. The molecule has 0 aliphatic heterocycles. The molecule has 0 saturated heterocycles. The first-order valence-electron chi connectivity index (χ1n) is 16.6. The molecule has 0 heterocycles. The summed E-state index contributed by atoms with van der Waals surface area (Å²) in [6.45, 7) is 0. The summed E-state index contributed by atoms with van der Waals surface area (Å²) < 4.78 is 0. The van der Waals surface area contributed by atoms with E-state index >= 15 is 0 Å². The molecule has 0 atom stereocenters. The van der Waals surface area contributed by atoms with Gasteiger partial charge in [-0.25, -0.2) is 0 Å². The van der Waals surface area contributed by atoms with E-state index in [1.807, 2.05) is 0 Å². The standard InChI is InChI=1S/C48H32/c1-4-12-33(13-5-1)39-23-20-35-22-25-41(32-42(35)31-39)44-27-29-45-46(48(44)37-17-8-3-9-18-37)28-26-43(47(45)36-15-6-2-7-16-36)40-24-21-34-14-10-11-19-38(34)30-40/h1-32H. The molecule has 0 radical (unpaired) electrons. The maximum atomic E-state index is 2.36. The number of fused-ring (bicyclic) bond motifs is 3. The Morgan fingerprint density at radius 2 is 0.604 bits per heavy atom. The summed E-state index contributed by atoms with van der Waals surface area (Å²) in [4.78, 5) is 0. The molecule has 0 aliphatic rings. The Kier molecular flexibility index (Phi) is 6.91. The average molecular weight is 609 g/mol. The number of benzene rings is 9. The third-order valence-corrected chi connectivity index (χ3v) is 9.64. The minimum Gasteiger partial charge on any atom is -0.0622 e. The van der Waals surface area contributed by atoms with Crippen molar-refractivity contribution < 1.29 is 0 Å². The van der Waals surface area contributed by atoms with Gasteiger partial charge in [-0.05, 0) is 106 Å². The van der Waals surface area contributed by atoms with Crippen molar-refractivity contribution in [3.05, 3.63) is 194 Å². The lowest BCUT2D eigenvalue weighted by atomic mass is 9.84. The quantitative estimate of drug-likeness (QED) is 0.182. The van der Waals surface area contributed by atoms with E-state index in [0.29, 0.717) is 0 Å². The second-order valence-corrected chi connectivity index (χ2v) is 12.5. The van der Waals surface area contributed by atoms with Crippen LogP contribution in [0.5, 0.6) is 0 Å². The molecule has 0 aliphatic carbocycles. The van der Waals surface area contributed by atoms with E-state index in [9.17, 15) is 0 Å². The van der Waals surface area contributed by atoms with Gasteiger partial charge in [-0.3, -0.25) is 0 Å². The zero-order chi connectivity index (χ0) is 31.9. The van der Waals surface area contributed by atoms with Gasteiger partial charge in [-0.2, -0.15) is 0 Å². The summed E-state index contributed by atoms with van der Waals surface area (Å²) in [5.41, 5.74) is 12.3. The Morgan fingerprint density at radius 1 is 0.208 bits per heavy atom. The van der Waals surface area contributed by atoms with Crippen LogP contribution in [0.1, 0.15) is 0 Å². The Hall–Kier alpha value is -6.24. The first kappa shape index (κ1) is 28.0. The van der Waals surface area contributed by atoms with Crippen molar-refractivity contribution in [2.24, 2.45) is 0 Å². The fourth-order valence-corrected chi connectivity index (χ4v) is 7.30. The van der Waals surface area contributed by atoms with Crippen LogP contribution in [0.4, 0.5) is 0 Å². The van der Waals surface area contributed by atoms with Crippen molar-refractivity contribution in [3.8, 4) is 55.6 Å². The molecule has 0 bridgehead atoms. The first-order valence-corrected chi connectivity index (χ1v) is 16.6. The van der Waals surface area contributed by atoms with Gasteiger partial charge < -0.3 is 0 Å². The highest BCUT2D eigenvalue weighted by Crippen LogP contribution is 2.45. The number of rotatable bonds is 5. The lowest BCUT2D eigenvalue weighted by Gasteiger charge is -2.20. The van der Waals surface area contributed by atoms with Gasteiger partial charge in [0.25, 0.3) is 0 Å². The molecule has 0 nitrogen and oxygen atoms in total. The molecule has 0 amide bonds. The highest BCUT2D eigenvalue weighted by atomic mass is 14.2. The molecule has 48 heavy (non-hydrogen) atoms. The van der Waals surface area contributed by atoms with Gasteiger partial charge in [-0.1, -0.05) is 176 Å². The molecular formula is C48H32. The van der Waals surface area contributed by atoms with Gasteiger partial charge in [0.2, 0.25) is 0 Å². The van der Waals surface area contributed by atoms with Gasteiger partial charge in [0.05, 0.1) is 0 Å². The SMILES string of the molecule is c1ccc(-c2ccc3ccc(-c4ccc5c(-c6ccccc6)c(-c6ccc7ccccc7c6)ccc5c4-c4ccccc4)cc3c2)cc1. The van der Waals surface area contributed by atoms with Crippen molar-refractivity contribution >= 4 is 32.3 Å². The van der Waals surface area contributed by atoms with Crippen molar-refractivity contribution in [1.29, 1.82) is 0 Å². The van der Waals surface area contributed by atoms with Crippen LogP contribution in [0.25, 0.3) is 88.0 Å². The number of hydrogen-bond acceptors (Lipinski definition) is 0. The van der Waals surface area contributed by atoms with Crippen LogP contribution in [-0.4, -0.2) is 0 Å². The van der Waals surface area contributed by atoms with Crippen LogP contribution in [0.2, 0.25) is 0 Å². The Labute approximate surface area is 281 Å². The summed E-state index contributed by atoms with van der Waals surface area (Å²) in [5, 5.41) is 7.49. The minimum atomic E-state index is 1.22. The molecule has 0 heteroatoms. The van der Waals surface area contributed by atoms with E-state index in [2.05, 4.69) is 194 Å². The molecule has 0 aromatic heterocycles. The maximum Gasteiger partial charge on any atom is -0.00266 e. The van der Waals surface area contributed by atoms with Crippen LogP contribution >= 0.6 is 0 Å². The highest BCUT2D eigenvalue weighted by Gasteiger charge is 2.18. The van der Waals surface area contributed by atoms with E-state index in [1.54, 1.807) is 0 Å². The zero-order valence-corrected chi connectivity index (χ0v) is 26.5. The lowest BCUT2D eigenvalue weighted by Crippen LogP contribution is -1.93. The molecule has 0 saturated carbocycles. The Morgan fingerprint density at radius 3 is 1.15 bits per heavy atom. The topological polar surface area (TPSA) is 0 Å². The van der Waals surface area contributed by atoms with E-state index in [-0.39, 0.29) is 0 Å². The average Bonchev–Trinajstić information content (AvgIpc) is 3.17. The van der Waals surface area contributed by atoms with E-state index in [1.165, 1.54) is 88.0 Å². The largest absolute Gasteiger partial charge is 0.0622 e. The molecule has 0 N–H and O–H groups in total. The smallest absolute Gasteiger partial charge is 0.00266 e. The van der Waals surface area contributed by atoms with Crippen LogP contribution < -0.4 is 0 Å². The second-order valence-electron chi connectivity index (χ2n) is 12.5. The van der Waals surface area contributed by atoms with Gasteiger partial charge in [-0.15, -0.1) is 0 Å². The van der Waals surface area contributed by atoms with E-state index in [0.717, 1.165) is 0 Å². The first-order chi connectivity index (χ1) is 23.8. The monoisotopic (exact) mass is 608 g/mol. The third kappa shape index (κ3) is 4.96. The molecule has 0 fully saturated rings. The fraction of sp³-hybridized carbons (Fsp3) is 0. The lowest BCUT2D eigenvalue weighted by molar-refractivity contribution is 1.60. The van der Waals surface area contributed by atoms with Gasteiger partial charge in [0.1, 0.15) is 0 Å². The van der Waals surface area contributed by atoms with E-state index < -0.39 is 0 Å². The van der Waals surface area contributed by atoms with Crippen molar-refractivity contribution in [2.75, 3.05) is 0 Å². The summed E-state index contributed by atoms with van der Waals surface area (Å²) in [7, 11) is 0.